The van der Waals surface area contributed by atoms with E-state index in [1.54, 1.807) is 32.0 Å². The molecule has 0 fully saturated rings. The Morgan fingerprint density at radius 1 is 0.949 bits per heavy atom. The fourth-order valence-electron chi connectivity index (χ4n) is 4.89. The molecule has 10 heteroatoms. The van der Waals surface area contributed by atoms with Gasteiger partial charge in [-0.2, -0.15) is 0 Å². The fourth-order valence-corrected chi connectivity index (χ4v) is 6.51. The van der Waals surface area contributed by atoms with Crippen molar-refractivity contribution in [3.8, 4) is 0 Å². The topological polar surface area (TPSA) is 60.8 Å². The monoisotopic (exact) mass is 678 g/mol. The van der Waals surface area contributed by atoms with Crippen LogP contribution in [0.25, 0.3) is 16.6 Å². The summed E-state index contributed by atoms with van der Waals surface area (Å²) in [4.78, 5) is 28.6. The van der Waals surface area contributed by atoms with Gasteiger partial charge in [0.05, 0.1) is 34.5 Å². The van der Waals surface area contributed by atoms with Gasteiger partial charge in [0.2, 0.25) is 0 Å². The highest BCUT2D eigenvalue weighted by molar-refractivity contribution is 14.1. The van der Waals surface area contributed by atoms with E-state index in [0.717, 1.165) is 3.58 Å². The van der Waals surface area contributed by atoms with Crippen LogP contribution in [0.3, 0.4) is 0 Å². The Hall–Kier alpha value is -3.08. The Balaban J connectivity index is 1.98. The number of rotatable bonds is 4. The number of anilines is 1. The zero-order valence-electron chi connectivity index (χ0n) is 20.9. The molecule has 6 nitrogen and oxygen atoms in total. The van der Waals surface area contributed by atoms with Gasteiger partial charge >= 0.3 is 12.2 Å². The minimum absolute atomic E-state index is 0.0739. The third kappa shape index (κ3) is 4.68. The van der Waals surface area contributed by atoms with E-state index in [2.05, 4.69) is 22.6 Å². The smallest absolute Gasteiger partial charge is 0.420 e. The van der Waals surface area contributed by atoms with E-state index in [0.29, 0.717) is 37.8 Å². The van der Waals surface area contributed by atoms with Gasteiger partial charge in [-0.15, -0.1) is 0 Å². The Kier molecular flexibility index (Phi) is 7.89. The molecule has 3 aromatic carbocycles. The SMILES string of the molecule is CCOC(=O)N1C(c2ccccc2)=C(I)C(c2cccc(Cl)c2Cl)c2c1n(C(=O)OCC)c1cc(F)ccc21. The molecule has 0 saturated carbocycles. The second-order valence-electron chi connectivity index (χ2n) is 8.61. The second-order valence-corrected chi connectivity index (χ2v) is 10.6. The zero-order valence-corrected chi connectivity index (χ0v) is 24.6. The number of amides is 1. The highest BCUT2D eigenvalue weighted by Gasteiger charge is 2.43. The highest BCUT2D eigenvalue weighted by atomic mass is 127. The van der Waals surface area contributed by atoms with Crippen molar-refractivity contribution in [2.45, 2.75) is 19.8 Å². The van der Waals surface area contributed by atoms with Gasteiger partial charge in [-0.3, -0.25) is 0 Å². The van der Waals surface area contributed by atoms with Crippen LogP contribution in [-0.2, 0) is 9.47 Å². The predicted octanol–water partition coefficient (Wildman–Crippen LogP) is 9.00. The summed E-state index contributed by atoms with van der Waals surface area (Å²) in [5.74, 6) is -0.919. The molecule has 39 heavy (non-hydrogen) atoms. The molecule has 0 bridgehead atoms. The molecule has 1 atom stereocenters. The first-order chi connectivity index (χ1) is 18.8. The molecule has 0 saturated heterocycles. The van der Waals surface area contributed by atoms with Crippen LogP contribution < -0.4 is 4.90 Å². The molecule has 1 aliphatic heterocycles. The average molecular weight is 679 g/mol. The van der Waals surface area contributed by atoms with E-state index in [9.17, 15) is 14.0 Å². The lowest BCUT2D eigenvalue weighted by Gasteiger charge is -2.35. The van der Waals surface area contributed by atoms with Crippen LogP contribution in [0.4, 0.5) is 19.8 Å². The molecule has 1 aliphatic rings. The average Bonchev–Trinajstić information content (AvgIpc) is 3.24. The Bertz CT molecular complexity index is 1640. The number of fused-ring (bicyclic) bond motifs is 3. The number of hydrogen-bond acceptors (Lipinski definition) is 4. The molecule has 2 heterocycles. The largest absolute Gasteiger partial charge is 0.449 e. The lowest BCUT2D eigenvalue weighted by atomic mass is 9.85. The van der Waals surface area contributed by atoms with Crippen molar-refractivity contribution < 1.29 is 23.5 Å². The number of nitrogens with zero attached hydrogens (tertiary/aromatic N) is 2. The second kappa shape index (κ2) is 11.2. The number of hydrogen-bond donors (Lipinski definition) is 0. The van der Waals surface area contributed by atoms with Crippen molar-refractivity contribution in [3.63, 3.8) is 0 Å². The summed E-state index contributed by atoms with van der Waals surface area (Å²) in [5.41, 5.74) is 2.68. The quantitative estimate of drug-likeness (QED) is 0.202. The Morgan fingerprint density at radius 3 is 2.33 bits per heavy atom. The summed E-state index contributed by atoms with van der Waals surface area (Å²) in [6.07, 6.45) is -1.46. The van der Waals surface area contributed by atoms with Gasteiger partial charge < -0.3 is 9.47 Å². The minimum Gasteiger partial charge on any atom is -0.449 e. The van der Waals surface area contributed by atoms with Crippen molar-refractivity contribution in [3.05, 3.63) is 103 Å². The van der Waals surface area contributed by atoms with Gasteiger partial charge in [0.1, 0.15) is 11.6 Å². The molecule has 0 N–H and O–H groups in total. The van der Waals surface area contributed by atoms with Gasteiger partial charge in [0.15, 0.2) is 0 Å². The Labute approximate surface area is 248 Å². The normalized spacial score (nSPS) is 14.9. The fraction of sp³-hybridized carbons (Fsp3) is 0.172. The first-order valence-corrected chi connectivity index (χ1v) is 14.0. The molecular formula is C29H22Cl2FIN2O4. The van der Waals surface area contributed by atoms with Crippen LogP contribution in [0.2, 0.25) is 10.0 Å². The van der Waals surface area contributed by atoms with E-state index in [1.807, 2.05) is 36.4 Å². The van der Waals surface area contributed by atoms with Crippen LogP contribution in [-0.4, -0.2) is 30.0 Å². The van der Waals surface area contributed by atoms with Gasteiger partial charge in [-0.05, 0) is 71.8 Å². The molecule has 200 valence electrons. The first-order valence-electron chi connectivity index (χ1n) is 12.2. The maximum atomic E-state index is 14.6. The van der Waals surface area contributed by atoms with Gasteiger partial charge in [-0.25, -0.2) is 23.4 Å². The number of allylic oxidation sites excluding steroid dienone is 1. The molecule has 1 amide bonds. The maximum Gasteiger partial charge on any atom is 0.420 e. The summed E-state index contributed by atoms with van der Waals surface area (Å²) in [7, 11) is 0. The predicted molar refractivity (Wildman–Crippen MR) is 160 cm³/mol. The number of ether oxygens (including phenoxy) is 2. The summed E-state index contributed by atoms with van der Waals surface area (Å²) >= 11 is 15.4. The van der Waals surface area contributed by atoms with Crippen molar-refractivity contribution in [1.82, 2.24) is 4.57 Å². The van der Waals surface area contributed by atoms with Crippen LogP contribution in [0.15, 0.2) is 70.3 Å². The van der Waals surface area contributed by atoms with Crippen molar-refractivity contribution in [1.29, 1.82) is 0 Å². The summed E-state index contributed by atoms with van der Waals surface area (Å²) in [6, 6.07) is 18.8. The molecule has 4 aromatic rings. The summed E-state index contributed by atoms with van der Waals surface area (Å²) in [5, 5.41) is 1.24. The van der Waals surface area contributed by atoms with E-state index in [4.69, 9.17) is 32.7 Å². The van der Waals surface area contributed by atoms with Crippen molar-refractivity contribution in [2.75, 3.05) is 18.1 Å². The van der Waals surface area contributed by atoms with Crippen molar-refractivity contribution in [2.24, 2.45) is 0 Å². The number of carbonyl (C=O) groups is 2. The molecule has 1 unspecified atom stereocenters. The van der Waals surface area contributed by atoms with Crippen LogP contribution in [0, 0.1) is 5.82 Å². The number of carbonyl (C=O) groups excluding carboxylic acids is 2. The van der Waals surface area contributed by atoms with Gasteiger partial charge in [0.25, 0.3) is 0 Å². The van der Waals surface area contributed by atoms with E-state index in [1.165, 1.54) is 21.6 Å². The molecular weight excluding hydrogens is 657 g/mol. The van der Waals surface area contributed by atoms with Gasteiger partial charge in [0, 0.05) is 20.4 Å². The first kappa shape index (κ1) is 27.5. The van der Waals surface area contributed by atoms with Crippen molar-refractivity contribution >= 4 is 80.4 Å². The van der Waals surface area contributed by atoms with E-state index in [-0.39, 0.29) is 24.5 Å². The molecule has 0 aliphatic carbocycles. The highest BCUT2D eigenvalue weighted by Crippen LogP contribution is 2.55. The summed E-state index contributed by atoms with van der Waals surface area (Å²) < 4.78 is 27.5. The van der Waals surface area contributed by atoms with E-state index < -0.39 is 23.9 Å². The molecule has 0 spiro atoms. The van der Waals surface area contributed by atoms with Crippen LogP contribution in [0.1, 0.15) is 36.5 Å². The lowest BCUT2D eigenvalue weighted by molar-refractivity contribution is 0.154. The molecule has 5 rings (SSSR count). The summed E-state index contributed by atoms with van der Waals surface area (Å²) in [6.45, 7) is 3.54. The standard InChI is InChI=1S/C29H22Cl2FIN2O4/c1-3-38-28(36)34-21-15-17(32)13-14-18(21)23-22(19-11-8-12-20(30)24(19)31)25(33)26(16-9-6-5-7-10-16)35(27(23)34)29(37)39-4-2/h5-15,22H,3-4H2,1-2H3. The Morgan fingerprint density at radius 2 is 1.64 bits per heavy atom. The molecule has 1 aromatic heterocycles. The lowest BCUT2D eigenvalue weighted by Crippen LogP contribution is -2.37. The van der Waals surface area contributed by atoms with Gasteiger partial charge in [-0.1, -0.05) is 65.7 Å². The molecule has 0 radical (unpaired) electrons. The number of aromatic nitrogens is 1. The zero-order chi connectivity index (χ0) is 27.8. The maximum absolute atomic E-state index is 14.6. The number of benzene rings is 3. The van der Waals surface area contributed by atoms with Crippen LogP contribution in [0.5, 0.6) is 0 Å². The third-order valence-electron chi connectivity index (χ3n) is 6.39. The van der Waals surface area contributed by atoms with E-state index >= 15 is 0 Å². The third-order valence-corrected chi connectivity index (χ3v) is 8.36. The van der Waals surface area contributed by atoms with Crippen LogP contribution >= 0.6 is 45.8 Å². The minimum atomic E-state index is -0.760. The number of halogens is 4.